The van der Waals surface area contributed by atoms with Gasteiger partial charge in [-0.25, -0.2) is 0 Å². The molecule has 0 spiro atoms. The summed E-state index contributed by atoms with van der Waals surface area (Å²) in [5, 5.41) is 14.3. The lowest BCUT2D eigenvalue weighted by Gasteiger charge is -2.33. The molecule has 25 heavy (non-hydrogen) atoms. The van der Waals surface area contributed by atoms with E-state index in [9.17, 15) is 14.4 Å². The molecular formula is C18H26N2O5. The van der Waals surface area contributed by atoms with E-state index in [-0.39, 0.29) is 18.9 Å². The van der Waals surface area contributed by atoms with E-state index < -0.39 is 23.3 Å². The highest BCUT2D eigenvalue weighted by molar-refractivity contribution is 5.98. The van der Waals surface area contributed by atoms with E-state index in [2.05, 4.69) is 10.6 Å². The van der Waals surface area contributed by atoms with Crippen LogP contribution in [0.3, 0.4) is 0 Å². The topological polar surface area (TPSA) is 105 Å². The largest absolute Gasteiger partial charge is 0.493 e. The van der Waals surface area contributed by atoms with E-state index in [1.165, 1.54) is 0 Å². The van der Waals surface area contributed by atoms with Gasteiger partial charge in [0, 0.05) is 0 Å². The van der Waals surface area contributed by atoms with Gasteiger partial charge in [0.2, 0.25) is 5.91 Å². The minimum Gasteiger partial charge on any atom is -0.493 e. The first kappa shape index (κ1) is 20.5. The number of carboxylic acids is 1. The van der Waals surface area contributed by atoms with Crippen LogP contribution in [0.5, 0.6) is 5.75 Å². The van der Waals surface area contributed by atoms with Crippen LogP contribution in [-0.2, 0) is 9.59 Å². The highest BCUT2D eigenvalue weighted by atomic mass is 16.5. The Labute approximate surface area is 147 Å². The second-order valence-corrected chi connectivity index (χ2v) is 6.30. The van der Waals surface area contributed by atoms with E-state index in [0.717, 1.165) is 0 Å². The highest BCUT2D eigenvalue weighted by Gasteiger charge is 2.32. The summed E-state index contributed by atoms with van der Waals surface area (Å²) in [4.78, 5) is 35.4. The number of carboxylic acid groups (broad SMARTS) is 1. The Bertz CT molecular complexity index is 630. The third kappa shape index (κ3) is 6.10. The van der Waals surface area contributed by atoms with Gasteiger partial charge in [-0.2, -0.15) is 0 Å². The summed E-state index contributed by atoms with van der Waals surface area (Å²) in [6.45, 7) is 7.33. The SMILES string of the molecule is CCOc1ccccc1C(=O)NCC(=O)NC(C)(CC(=O)O)C(C)C. The average Bonchev–Trinajstić information content (AvgIpc) is 2.52. The molecule has 138 valence electrons. The van der Waals surface area contributed by atoms with Gasteiger partial charge in [-0.05, 0) is 31.9 Å². The van der Waals surface area contributed by atoms with Crippen LogP contribution in [0.4, 0.5) is 0 Å². The van der Waals surface area contributed by atoms with E-state index in [4.69, 9.17) is 9.84 Å². The van der Waals surface area contributed by atoms with Crippen molar-refractivity contribution < 1.29 is 24.2 Å². The maximum absolute atomic E-state index is 12.3. The minimum atomic E-state index is -0.994. The number of para-hydroxylation sites is 1. The van der Waals surface area contributed by atoms with Crippen molar-refractivity contribution in [2.45, 2.75) is 39.7 Å². The number of ether oxygens (including phenoxy) is 1. The smallest absolute Gasteiger partial charge is 0.305 e. The molecule has 2 amide bonds. The Balaban J connectivity index is 2.69. The fourth-order valence-electron chi connectivity index (χ4n) is 2.26. The molecule has 0 aliphatic rings. The fraction of sp³-hybridized carbons (Fsp3) is 0.500. The van der Waals surface area contributed by atoms with Gasteiger partial charge < -0.3 is 20.5 Å². The zero-order valence-electron chi connectivity index (χ0n) is 15.1. The summed E-state index contributed by atoms with van der Waals surface area (Å²) in [6, 6.07) is 6.76. The molecule has 0 aliphatic carbocycles. The van der Waals surface area contributed by atoms with Crippen LogP contribution in [0.2, 0.25) is 0 Å². The number of aliphatic carboxylic acids is 1. The first-order chi connectivity index (χ1) is 11.7. The van der Waals surface area contributed by atoms with Crippen LogP contribution in [0, 0.1) is 5.92 Å². The molecule has 0 saturated heterocycles. The number of hydrogen-bond acceptors (Lipinski definition) is 4. The fourth-order valence-corrected chi connectivity index (χ4v) is 2.26. The lowest BCUT2D eigenvalue weighted by molar-refractivity contribution is -0.139. The van der Waals surface area contributed by atoms with Gasteiger partial charge in [0.15, 0.2) is 0 Å². The van der Waals surface area contributed by atoms with Crippen molar-refractivity contribution in [1.82, 2.24) is 10.6 Å². The zero-order chi connectivity index (χ0) is 19.0. The van der Waals surface area contributed by atoms with Crippen molar-refractivity contribution in [2.75, 3.05) is 13.2 Å². The second-order valence-electron chi connectivity index (χ2n) is 6.30. The molecule has 0 bridgehead atoms. The van der Waals surface area contributed by atoms with Gasteiger partial charge in [-0.15, -0.1) is 0 Å². The minimum absolute atomic E-state index is 0.0815. The molecule has 0 fully saturated rings. The van der Waals surface area contributed by atoms with E-state index >= 15 is 0 Å². The van der Waals surface area contributed by atoms with Gasteiger partial charge in [-0.1, -0.05) is 26.0 Å². The molecule has 0 radical (unpaired) electrons. The summed E-state index contributed by atoms with van der Waals surface area (Å²) in [5.74, 6) is -1.50. The summed E-state index contributed by atoms with van der Waals surface area (Å²) in [7, 11) is 0. The molecule has 1 aromatic carbocycles. The van der Waals surface area contributed by atoms with E-state index in [0.29, 0.717) is 17.9 Å². The zero-order valence-corrected chi connectivity index (χ0v) is 15.1. The lowest BCUT2D eigenvalue weighted by Crippen LogP contribution is -2.53. The number of carbonyl (C=O) groups is 3. The van der Waals surface area contributed by atoms with E-state index in [1.807, 2.05) is 20.8 Å². The van der Waals surface area contributed by atoms with Crippen molar-refractivity contribution in [3.8, 4) is 5.75 Å². The summed E-state index contributed by atoms with van der Waals surface area (Å²) in [5.41, 5.74) is -0.550. The van der Waals surface area contributed by atoms with Crippen LogP contribution in [-0.4, -0.2) is 41.6 Å². The first-order valence-corrected chi connectivity index (χ1v) is 8.22. The van der Waals surface area contributed by atoms with Gasteiger partial charge in [0.1, 0.15) is 5.75 Å². The van der Waals surface area contributed by atoms with Crippen LogP contribution < -0.4 is 15.4 Å². The first-order valence-electron chi connectivity index (χ1n) is 8.22. The molecule has 1 atom stereocenters. The Hall–Kier alpha value is -2.57. The van der Waals surface area contributed by atoms with Crippen molar-refractivity contribution in [3.05, 3.63) is 29.8 Å². The third-order valence-electron chi connectivity index (χ3n) is 4.06. The quantitative estimate of drug-likeness (QED) is 0.630. The molecule has 0 aliphatic heterocycles. The Morgan fingerprint density at radius 1 is 1.24 bits per heavy atom. The molecule has 0 aromatic heterocycles. The molecule has 1 aromatic rings. The molecular weight excluding hydrogens is 324 g/mol. The molecule has 1 unspecified atom stereocenters. The van der Waals surface area contributed by atoms with Crippen molar-refractivity contribution in [2.24, 2.45) is 5.92 Å². The highest BCUT2D eigenvalue weighted by Crippen LogP contribution is 2.21. The molecule has 7 nitrogen and oxygen atoms in total. The predicted octanol–water partition coefficient (Wildman–Crippen LogP) is 1.82. The van der Waals surface area contributed by atoms with Gasteiger partial charge in [-0.3, -0.25) is 14.4 Å². The maximum Gasteiger partial charge on any atom is 0.305 e. The van der Waals surface area contributed by atoms with Crippen LogP contribution in [0.25, 0.3) is 0 Å². The molecule has 0 saturated carbocycles. The Morgan fingerprint density at radius 2 is 1.88 bits per heavy atom. The second kappa shape index (κ2) is 9.05. The summed E-state index contributed by atoms with van der Waals surface area (Å²) in [6.07, 6.45) is -0.197. The van der Waals surface area contributed by atoms with Crippen molar-refractivity contribution in [3.63, 3.8) is 0 Å². The summed E-state index contributed by atoms with van der Waals surface area (Å²) >= 11 is 0. The number of amides is 2. The number of carbonyl (C=O) groups excluding carboxylic acids is 2. The Kier molecular flexibility index (Phi) is 7.42. The number of rotatable bonds is 9. The average molecular weight is 350 g/mol. The number of benzene rings is 1. The predicted molar refractivity (Wildman–Crippen MR) is 93.6 cm³/mol. The summed E-state index contributed by atoms with van der Waals surface area (Å²) < 4.78 is 5.39. The van der Waals surface area contributed by atoms with Crippen molar-refractivity contribution in [1.29, 1.82) is 0 Å². The monoisotopic (exact) mass is 350 g/mol. The maximum atomic E-state index is 12.3. The van der Waals surface area contributed by atoms with Gasteiger partial charge in [0.05, 0.1) is 30.7 Å². The van der Waals surface area contributed by atoms with Crippen molar-refractivity contribution >= 4 is 17.8 Å². The molecule has 0 heterocycles. The van der Waals surface area contributed by atoms with Gasteiger partial charge in [0.25, 0.3) is 5.91 Å². The standard InChI is InChI=1S/C18H26N2O5/c1-5-25-14-9-7-6-8-13(14)17(24)19-11-15(21)20-18(4,12(2)3)10-16(22)23/h6-9,12H,5,10-11H2,1-4H3,(H,19,24)(H,20,21)(H,22,23). The van der Waals surface area contributed by atoms with Crippen LogP contribution >= 0.6 is 0 Å². The van der Waals surface area contributed by atoms with Crippen LogP contribution in [0.15, 0.2) is 24.3 Å². The molecule has 3 N–H and O–H groups in total. The van der Waals surface area contributed by atoms with Gasteiger partial charge >= 0.3 is 5.97 Å². The van der Waals surface area contributed by atoms with Crippen LogP contribution in [0.1, 0.15) is 44.5 Å². The Morgan fingerprint density at radius 3 is 2.44 bits per heavy atom. The number of hydrogen-bond donors (Lipinski definition) is 3. The van der Waals surface area contributed by atoms with E-state index in [1.54, 1.807) is 31.2 Å². The number of nitrogens with one attached hydrogen (secondary N) is 2. The normalized spacial score (nSPS) is 13.0. The third-order valence-corrected chi connectivity index (χ3v) is 4.06. The molecule has 1 rings (SSSR count). The lowest BCUT2D eigenvalue weighted by atomic mass is 9.85. The molecule has 7 heteroatoms.